The van der Waals surface area contributed by atoms with E-state index in [1.54, 1.807) is 5.57 Å². The van der Waals surface area contributed by atoms with Crippen molar-refractivity contribution in [3.05, 3.63) is 34.9 Å². The fraction of sp³-hybridized carbons (Fsp3) is 0.667. The molecule has 0 unspecified atom stereocenters. The Balaban J connectivity index is 1.68. The van der Waals surface area contributed by atoms with Crippen LogP contribution in [0, 0.1) is 23.2 Å². The lowest BCUT2D eigenvalue weighted by atomic mass is 9.55. The van der Waals surface area contributed by atoms with Crippen molar-refractivity contribution in [3.63, 3.8) is 0 Å². The standard InChI is InChI=1S/C21H28O3/c22-11-1-2-15-4-8-20-19-6-3-14-12-16(24)5-7-17(14)18(19)9-10-21(15,20)13-23/h1-2,12,15,19-20,22-23H,3-11,13H2/t15-,19-,20+,21+/m1/s1. The molecule has 3 nitrogen and oxygen atoms in total. The van der Waals surface area contributed by atoms with Crippen LogP contribution in [0.2, 0.25) is 0 Å². The van der Waals surface area contributed by atoms with Gasteiger partial charge in [-0.25, -0.2) is 0 Å². The van der Waals surface area contributed by atoms with Crippen LogP contribution in [0.4, 0.5) is 0 Å². The summed E-state index contributed by atoms with van der Waals surface area (Å²) < 4.78 is 0. The van der Waals surface area contributed by atoms with Crippen molar-refractivity contribution in [1.82, 2.24) is 0 Å². The molecule has 3 heteroatoms. The predicted molar refractivity (Wildman–Crippen MR) is 93.3 cm³/mol. The summed E-state index contributed by atoms with van der Waals surface area (Å²) in [6, 6.07) is 0. The number of allylic oxidation sites excluding steroid dienone is 5. The van der Waals surface area contributed by atoms with E-state index in [-0.39, 0.29) is 18.6 Å². The molecule has 0 aromatic heterocycles. The highest BCUT2D eigenvalue weighted by Crippen LogP contribution is 2.62. The molecule has 0 aromatic carbocycles. The number of fused-ring (bicyclic) bond motifs is 4. The molecule has 0 saturated heterocycles. The molecular weight excluding hydrogens is 300 g/mol. The number of aliphatic hydroxyl groups excluding tert-OH is 2. The fourth-order valence-electron chi connectivity index (χ4n) is 6.22. The summed E-state index contributed by atoms with van der Waals surface area (Å²) in [6.45, 7) is 0.349. The van der Waals surface area contributed by atoms with Gasteiger partial charge in [-0.3, -0.25) is 4.79 Å². The molecule has 130 valence electrons. The van der Waals surface area contributed by atoms with Crippen LogP contribution in [0.3, 0.4) is 0 Å². The molecule has 4 atom stereocenters. The molecule has 0 bridgehead atoms. The molecule has 4 aliphatic carbocycles. The summed E-state index contributed by atoms with van der Waals surface area (Å²) in [5.74, 6) is 1.85. The Kier molecular flexibility index (Phi) is 4.26. The van der Waals surface area contributed by atoms with Gasteiger partial charge in [0.2, 0.25) is 0 Å². The van der Waals surface area contributed by atoms with E-state index in [1.165, 1.54) is 17.6 Å². The van der Waals surface area contributed by atoms with E-state index in [1.807, 2.05) is 12.2 Å². The Morgan fingerprint density at radius 3 is 2.79 bits per heavy atom. The maximum Gasteiger partial charge on any atom is 0.156 e. The van der Waals surface area contributed by atoms with Gasteiger partial charge in [-0.15, -0.1) is 0 Å². The first-order valence-corrected chi connectivity index (χ1v) is 9.53. The van der Waals surface area contributed by atoms with Crippen molar-refractivity contribution in [2.45, 2.75) is 51.4 Å². The summed E-state index contributed by atoms with van der Waals surface area (Å²) in [4.78, 5) is 11.7. The maximum absolute atomic E-state index is 11.7. The first-order valence-electron chi connectivity index (χ1n) is 9.53. The van der Waals surface area contributed by atoms with Crippen LogP contribution in [-0.4, -0.2) is 29.2 Å². The number of hydrogen-bond donors (Lipinski definition) is 2. The minimum Gasteiger partial charge on any atom is -0.396 e. The quantitative estimate of drug-likeness (QED) is 0.781. The van der Waals surface area contributed by atoms with Crippen LogP contribution in [-0.2, 0) is 4.79 Å². The van der Waals surface area contributed by atoms with Crippen LogP contribution in [0.25, 0.3) is 0 Å². The van der Waals surface area contributed by atoms with Gasteiger partial charge in [-0.05, 0) is 79.9 Å². The van der Waals surface area contributed by atoms with Gasteiger partial charge in [0.05, 0.1) is 6.61 Å². The van der Waals surface area contributed by atoms with Gasteiger partial charge < -0.3 is 10.2 Å². The number of ketones is 1. The molecule has 0 amide bonds. The van der Waals surface area contributed by atoms with E-state index in [2.05, 4.69) is 6.08 Å². The molecular formula is C21H28O3. The molecule has 2 fully saturated rings. The number of carbonyl (C=O) groups excluding carboxylic acids is 1. The van der Waals surface area contributed by atoms with Crippen LogP contribution in [0.15, 0.2) is 34.9 Å². The third-order valence-electron chi connectivity index (χ3n) is 7.28. The van der Waals surface area contributed by atoms with Gasteiger partial charge >= 0.3 is 0 Å². The number of hydrogen-bond acceptors (Lipinski definition) is 3. The van der Waals surface area contributed by atoms with Crippen molar-refractivity contribution < 1.29 is 15.0 Å². The van der Waals surface area contributed by atoms with E-state index in [0.29, 0.717) is 30.0 Å². The third kappa shape index (κ3) is 2.36. The third-order valence-corrected chi connectivity index (χ3v) is 7.28. The van der Waals surface area contributed by atoms with Gasteiger partial charge in [0.15, 0.2) is 5.78 Å². The summed E-state index contributed by atoms with van der Waals surface area (Å²) in [6.07, 6.45) is 14.1. The molecule has 24 heavy (non-hydrogen) atoms. The average molecular weight is 328 g/mol. The van der Waals surface area contributed by atoms with E-state index in [4.69, 9.17) is 5.11 Å². The van der Waals surface area contributed by atoms with Crippen LogP contribution in [0.5, 0.6) is 0 Å². The minimum atomic E-state index is 0.00605. The highest BCUT2D eigenvalue weighted by molar-refractivity contribution is 5.93. The zero-order chi connectivity index (χ0) is 16.7. The highest BCUT2D eigenvalue weighted by atomic mass is 16.3. The molecule has 0 aliphatic heterocycles. The second-order valence-electron chi connectivity index (χ2n) is 8.08. The number of aliphatic hydroxyl groups is 2. The molecule has 0 spiro atoms. The Bertz CT molecular complexity index is 627. The highest BCUT2D eigenvalue weighted by Gasteiger charge is 2.55. The van der Waals surface area contributed by atoms with Crippen LogP contribution >= 0.6 is 0 Å². The van der Waals surface area contributed by atoms with Gasteiger partial charge in [0.1, 0.15) is 0 Å². The Labute approximate surface area is 144 Å². The van der Waals surface area contributed by atoms with E-state index >= 15 is 0 Å². The first-order chi connectivity index (χ1) is 11.7. The smallest absolute Gasteiger partial charge is 0.156 e. The molecule has 4 rings (SSSR count). The van der Waals surface area contributed by atoms with Gasteiger partial charge in [-0.2, -0.15) is 0 Å². The predicted octanol–water partition coefficient (Wildman–Crippen LogP) is 3.33. The van der Waals surface area contributed by atoms with Gasteiger partial charge in [0, 0.05) is 18.4 Å². The van der Waals surface area contributed by atoms with Crippen LogP contribution < -0.4 is 0 Å². The summed E-state index contributed by atoms with van der Waals surface area (Å²) in [7, 11) is 0. The van der Waals surface area contributed by atoms with Crippen molar-refractivity contribution >= 4 is 5.78 Å². The average Bonchev–Trinajstić information content (AvgIpc) is 2.98. The summed E-state index contributed by atoms with van der Waals surface area (Å²) >= 11 is 0. The summed E-state index contributed by atoms with van der Waals surface area (Å²) in [5.41, 5.74) is 4.42. The largest absolute Gasteiger partial charge is 0.396 e. The van der Waals surface area contributed by atoms with E-state index in [9.17, 15) is 9.90 Å². The molecule has 4 aliphatic rings. The lowest BCUT2D eigenvalue weighted by Gasteiger charge is -2.49. The Morgan fingerprint density at radius 2 is 2.00 bits per heavy atom. The lowest BCUT2D eigenvalue weighted by Crippen LogP contribution is -2.44. The summed E-state index contributed by atoms with van der Waals surface area (Å²) in [5, 5.41) is 19.4. The van der Waals surface area contributed by atoms with E-state index < -0.39 is 0 Å². The zero-order valence-electron chi connectivity index (χ0n) is 14.3. The normalized spacial score (nSPS) is 38.8. The van der Waals surface area contributed by atoms with Crippen molar-refractivity contribution in [1.29, 1.82) is 0 Å². The number of rotatable bonds is 3. The lowest BCUT2D eigenvalue weighted by molar-refractivity contribution is -0.114. The van der Waals surface area contributed by atoms with Crippen molar-refractivity contribution in [2.24, 2.45) is 23.2 Å². The Morgan fingerprint density at radius 1 is 1.12 bits per heavy atom. The SMILES string of the molecule is O=C1C=C2CC[C@@H]3C(=C2CC1)CC[C@]1(CO)[C@H](C=CCO)CC[C@@H]31. The van der Waals surface area contributed by atoms with Gasteiger partial charge in [0.25, 0.3) is 0 Å². The maximum atomic E-state index is 11.7. The molecule has 2 saturated carbocycles. The van der Waals surface area contributed by atoms with Crippen molar-refractivity contribution in [3.8, 4) is 0 Å². The zero-order valence-corrected chi connectivity index (χ0v) is 14.3. The molecule has 0 aromatic rings. The minimum absolute atomic E-state index is 0.00605. The topological polar surface area (TPSA) is 57.5 Å². The molecule has 2 N–H and O–H groups in total. The van der Waals surface area contributed by atoms with Crippen molar-refractivity contribution in [2.75, 3.05) is 13.2 Å². The fourth-order valence-corrected chi connectivity index (χ4v) is 6.22. The monoisotopic (exact) mass is 328 g/mol. The van der Waals surface area contributed by atoms with Crippen LogP contribution in [0.1, 0.15) is 51.4 Å². The molecule has 0 radical (unpaired) electrons. The Hall–Kier alpha value is -1.19. The molecule has 0 heterocycles. The number of carbonyl (C=O) groups is 1. The van der Waals surface area contributed by atoms with Gasteiger partial charge in [-0.1, -0.05) is 17.7 Å². The second-order valence-corrected chi connectivity index (χ2v) is 8.08. The van der Waals surface area contributed by atoms with E-state index in [0.717, 1.165) is 38.5 Å². The second kappa shape index (κ2) is 6.27. The first kappa shape index (κ1) is 16.3.